The molecule has 0 aliphatic carbocycles. The summed E-state index contributed by atoms with van der Waals surface area (Å²) in [6.07, 6.45) is -8.72. The van der Waals surface area contributed by atoms with Crippen LogP contribution in [0.3, 0.4) is 0 Å². The van der Waals surface area contributed by atoms with Crippen LogP contribution >= 0.6 is 0 Å². The van der Waals surface area contributed by atoms with Crippen LogP contribution in [-0.4, -0.2) is 62.2 Å². The van der Waals surface area contributed by atoms with Gasteiger partial charge in [0.25, 0.3) is 0 Å². The summed E-state index contributed by atoms with van der Waals surface area (Å²) in [5.74, 6) is -1.52. The second-order valence-electron chi connectivity index (χ2n) is 2.76. The van der Waals surface area contributed by atoms with Gasteiger partial charge in [0.15, 0.2) is 12.4 Å². The number of rotatable bonds is 1. The molecule has 5 N–H and O–H groups in total. The zero-order valence-electron chi connectivity index (χ0n) is 6.44. The molecule has 5 atom stereocenters. The second-order valence-corrected chi connectivity index (χ2v) is 2.76. The summed E-state index contributed by atoms with van der Waals surface area (Å²) >= 11 is 0. The van der Waals surface area contributed by atoms with Gasteiger partial charge in [0, 0.05) is 0 Å². The van der Waals surface area contributed by atoms with E-state index < -0.39 is 36.7 Å². The Bertz CT molecular complexity index is 205. The van der Waals surface area contributed by atoms with E-state index in [1.807, 2.05) is 0 Å². The molecule has 1 rings (SSSR count). The maximum Gasteiger partial charge on any atom is 0.335 e. The lowest BCUT2D eigenvalue weighted by Gasteiger charge is -2.36. The Labute approximate surface area is 72.8 Å². The van der Waals surface area contributed by atoms with E-state index in [4.69, 9.17) is 25.5 Å². The number of carboxylic acids is 1. The molecule has 7 heteroatoms. The SMILES string of the molecule is O=C(O)C1O[C@@H](O)C(O)[C@H](O)[C@@H]1O. The van der Waals surface area contributed by atoms with Gasteiger partial charge in [-0.25, -0.2) is 4.79 Å². The van der Waals surface area contributed by atoms with E-state index in [0.29, 0.717) is 0 Å². The fraction of sp³-hybridized carbons (Fsp3) is 0.833. The lowest BCUT2D eigenvalue weighted by Crippen LogP contribution is -2.59. The van der Waals surface area contributed by atoms with Crippen molar-refractivity contribution in [3.63, 3.8) is 0 Å². The number of aliphatic hydroxyl groups excluding tert-OH is 4. The van der Waals surface area contributed by atoms with Gasteiger partial charge in [0.05, 0.1) is 0 Å². The fourth-order valence-electron chi connectivity index (χ4n) is 1.07. The van der Waals surface area contributed by atoms with E-state index in [0.717, 1.165) is 0 Å². The minimum Gasteiger partial charge on any atom is -0.479 e. The van der Waals surface area contributed by atoms with Crippen LogP contribution < -0.4 is 0 Å². The highest BCUT2D eigenvalue weighted by Gasteiger charge is 2.46. The van der Waals surface area contributed by atoms with Crippen LogP contribution in [0.4, 0.5) is 0 Å². The van der Waals surface area contributed by atoms with Crippen LogP contribution in [0.25, 0.3) is 0 Å². The number of carboxylic acid groups (broad SMARTS) is 1. The first-order chi connectivity index (χ1) is 5.95. The predicted molar refractivity (Wildman–Crippen MR) is 36.5 cm³/mol. The molecule has 76 valence electrons. The average molecular weight is 194 g/mol. The van der Waals surface area contributed by atoms with Gasteiger partial charge in [-0.15, -0.1) is 0 Å². The first kappa shape index (κ1) is 10.4. The third kappa shape index (κ3) is 1.79. The molecule has 0 bridgehead atoms. The Kier molecular flexibility index (Phi) is 2.84. The normalized spacial score (nSPS) is 46.0. The van der Waals surface area contributed by atoms with Crippen LogP contribution in [0.1, 0.15) is 0 Å². The van der Waals surface area contributed by atoms with Crippen molar-refractivity contribution in [3.8, 4) is 0 Å². The minimum atomic E-state index is -1.81. The van der Waals surface area contributed by atoms with Crippen molar-refractivity contribution >= 4 is 5.97 Å². The van der Waals surface area contributed by atoms with Crippen molar-refractivity contribution in [3.05, 3.63) is 0 Å². The highest BCUT2D eigenvalue weighted by atomic mass is 16.6. The molecule has 1 aliphatic heterocycles. The van der Waals surface area contributed by atoms with Crippen LogP contribution in [0.15, 0.2) is 0 Å². The van der Waals surface area contributed by atoms with Gasteiger partial charge in [0.2, 0.25) is 0 Å². The van der Waals surface area contributed by atoms with Gasteiger partial charge >= 0.3 is 5.97 Å². The van der Waals surface area contributed by atoms with E-state index >= 15 is 0 Å². The summed E-state index contributed by atoms with van der Waals surface area (Å²) in [6.45, 7) is 0. The Morgan fingerprint density at radius 2 is 1.54 bits per heavy atom. The molecule has 0 aromatic rings. The molecule has 0 spiro atoms. The Morgan fingerprint density at radius 1 is 1.00 bits per heavy atom. The van der Waals surface area contributed by atoms with Gasteiger partial charge in [-0.3, -0.25) is 0 Å². The third-order valence-corrected chi connectivity index (χ3v) is 1.83. The molecule has 13 heavy (non-hydrogen) atoms. The summed E-state index contributed by atoms with van der Waals surface area (Å²) in [5, 5.41) is 44.4. The Morgan fingerprint density at radius 3 is 2.00 bits per heavy atom. The maximum atomic E-state index is 10.4. The van der Waals surface area contributed by atoms with Crippen LogP contribution in [0.2, 0.25) is 0 Å². The molecule has 0 amide bonds. The van der Waals surface area contributed by atoms with Crippen LogP contribution in [0.5, 0.6) is 0 Å². The molecule has 7 nitrogen and oxygen atoms in total. The van der Waals surface area contributed by atoms with Crippen molar-refractivity contribution in [2.75, 3.05) is 0 Å². The van der Waals surface area contributed by atoms with Crippen molar-refractivity contribution in [1.29, 1.82) is 0 Å². The smallest absolute Gasteiger partial charge is 0.335 e. The number of aliphatic hydroxyl groups is 4. The zero-order valence-corrected chi connectivity index (χ0v) is 6.44. The van der Waals surface area contributed by atoms with Gasteiger partial charge in [-0.2, -0.15) is 0 Å². The van der Waals surface area contributed by atoms with E-state index in [1.165, 1.54) is 0 Å². The molecule has 0 aromatic heterocycles. The molecule has 1 fully saturated rings. The van der Waals surface area contributed by atoms with Crippen molar-refractivity contribution < 1.29 is 35.1 Å². The summed E-state index contributed by atoms with van der Waals surface area (Å²) in [4.78, 5) is 10.4. The van der Waals surface area contributed by atoms with E-state index in [9.17, 15) is 4.79 Å². The van der Waals surface area contributed by atoms with E-state index in [-0.39, 0.29) is 0 Å². The third-order valence-electron chi connectivity index (χ3n) is 1.83. The monoisotopic (exact) mass is 194 g/mol. The molecular weight excluding hydrogens is 184 g/mol. The molecule has 1 heterocycles. The molecular formula is C6H10O7. The quantitative estimate of drug-likeness (QED) is 0.298. The number of hydrogen-bond donors (Lipinski definition) is 5. The standard InChI is InChI=1S/C6H10O7/c7-1-2(8)4(5(10)11)13-6(12)3(1)9/h1-4,6-9,12H,(H,10,11)/t1-,2+,3?,4?,6-/m1/s1. The van der Waals surface area contributed by atoms with Crippen LogP contribution in [0, 0.1) is 0 Å². The highest BCUT2D eigenvalue weighted by molar-refractivity contribution is 5.73. The van der Waals surface area contributed by atoms with Gasteiger partial charge in [-0.05, 0) is 0 Å². The molecule has 0 radical (unpaired) electrons. The summed E-state index contributed by atoms with van der Waals surface area (Å²) in [7, 11) is 0. The summed E-state index contributed by atoms with van der Waals surface area (Å²) in [5.41, 5.74) is 0. The minimum absolute atomic E-state index is 1.52. The largest absolute Gasteiger partial charge is 0.479 e. The van der Waals surface area contributed by atoms with Gasteiger partial charge in [0.1, 0.15) is 18.3 Å². The Balaban J connectivity index is 2.76. The molecule has 1 saturated heterocycles. The summed E-state index contributed by atoms with van der Waals surface area (Å²) in [6, 6.07) is 0. The lowest BCUT2D eigenvalue weighted by molar-refractivity contribution is -0.279. The molecule has 1 aliphatic rings. The number of hydrogen-bond acceptors (Lipinski definition) is 6. The molecule has 0 saturated carbocycles. The van der Waals surface area contributed by atoms with Gasteiger partial charge < -0.3 is 30.3 Å². The summed E-state index contributed by atoms with van der Waals surface area (Å²) < 4.78 is 4.34. The first-order valence-corrected chi connectivity index (χ1v) is 3.55. The van der Waals surface area contributed by atoms with Crippen molar-refractivity contribution in [2.45, 2.75) is 30.7 Å². The first-order valence-electron chi connectivity index (χ1n) is 3.55. The van der Waals surface area contributed by atoms with Crippen LogP contribution in [-0.2, 0) is 9.53 Å². The predicted octanol–water partition coefficient (Wildman–Crippen LogP) is -3.13. The average Bonchev–Trinajstić information content (AvgIpc) is 2.07. The topological polar surface area (TPSA) is 127 Å². The molecule has 0 aromatic carbocycles. The zero-order chi connectivity index (χ0) is 10.2. The highest BCUT2D eigenvalue weighted by Crippen LogP contribution is 2.19. The number of ether oxygens (including phenoxy) is 1. The number of carbonyl (C=O) groups is 1. The van der Waals surface area contributed by atoms with Gasteiger partial charge in [-0.1, -0.05) is 0 Å². The second kappa shape index (κ2) is 3.56. The van der Waals surface area contributed by atoms with Crippen molar-refractivity contribution in [1.82, 2.24) is 0 Å². The maximum absolute atomic E-state index is 10.4. The lowest BCUT2D eigenvalue weighted by atomic mass is 9.99. The molecule has 2 unspecified atom stereocenters. The van der Waals surface area contributed by atoms with E-state index in [2.05, 4.69) is 4.74 Å². The van der Waals surface area contributed by atoms with E-state index in [1.54, 1.807) is 0 Å². The Hall–Kier alpha value is -0.730. The fourth-order valence-corrected chi connectivity index (χ4v) is 1.07. The number of aliphatic carboxylic acids is 1. The van der Waals surface area contributed by atoms with Crippen molar-refractivity contribution in [2.24, 2.45) is 0 Å².